The zero-order valence-electron chi connectivity index (χ0n) is 11.4. The van der Waals surface area contributed by atoms with Crippen LogP contribution in [-0.4, -0.2) is 23.7 Å². The number of benzene rings is 1. The summed E-state index contributed by atoms with van der Waals surface area (Å²) in [7, 11) is 0. The first kappa shape index (κ1) is 14.4. The van der Waals surface area contributed by atoms with Crippen molar-refractivity contribution in [2.24, 2.45) is 5.84 Å². The summed E-state index contributed by atoms with van der Waals surface area (Å²) >= 11 is 1.72. The number of nitrogens with two attached hydrogens (primary N) is 1. The number of para-hydroxylation sites is 1. The number of fused-ring (bicyclic) bond motifs is 1. The van der Waals surface area contributed by atoms with Crippen LogP contribution in [0.2, 0.25) is 0 Å². The molecule has 0 spiro atoms. The van der Waals surface area contributed by atoms with E-state index in [0.29, 0.717) is 6.61 Å². The van der Waals surface area contributed by atoms with E-state index < -0.39 is 0 Å². The second-order valence-electron chi connectivity index (χ2n) is 4.45. The lowest BCUT2D eigenvalue weighted by molar-refractivity contribution is 0.0319. The number of aromatic nitrogens is 1. The van der Waals surface area contributed by atoms with E-state index in [2.05, 4.69) is 23.4 Å². The fourth-order valence-electron chi connectivity index (χ4n) is 2.23. The summed E-state index contributed by atoms with van der Waals surface area (Å²) in [4.78, 5) is 4.64. The third-order valence-corrected chi connectivity index (χ3v) is 4.24. The summed E-state index contributed by atoms with van der Waals surface area (Å²) in [5, 5.41) is 1.10. The Kier molecular flexibility index (Phi) is 5.27. The number of ether oxygens (including phenoxy) is 1. The summed E-state index contributed by atoms with van der Waals surface area (Å²) < 4.78 is 6.94. The van der Waals surface area contributed by atoms with Crippen LogP contribution >= 0.6 is 11.3 Å². The minimum absolute atomic E-state index is 0.102. The third kappa shape index (κ3) is 3.51. The van der Waals surface area contributed by atoms with E-state index in [4.69, 9.17) is 10.6 Å². The van der Waals surface area contributed by atoms with Crippen LogP contribution in [0.4, 0.5) is 0 Å². The van der Waals surface area contributed by atoms with Gasteiger partial charge in [0.15, 0.2) is 0 Å². The molecule has 2 aromatic rings. The Labute approximate surface area is 118 Å². The van der Waals surface area contributed by atoms with Crippen molar-refractivity contribution in [3.63, 3.8) is 0 Å². The molecule has 0 saturated heterocycles. The lowest BCUT2D eigenvalue weighted by Gasteiger charge is -2.24. The molecule has 2 rings (SSSR count). The highest BCUT2D eigenvalue weighted by Crippen LogP contribution is 2.23. The fourth-order valence-corrected chi connectivity index (χ4v) is 3.25. The highest BCUT2D eigenvalue weighted by molar-refractivity contribution is 7.18. The number of rotatable bonds is 7. The SMILES string of the molecule is CCOC(CC)C(Cc1nc2ccccc2s1)NN. The first-order valence-corrected chi connectivity index (χ1v) is 7.52. The minimum atomic E-state index is 0.102. The second-order valence-corrected chi connectivity index (χ2v) is 5.57. The van der Waals surface area contributed by atoms with Gasteiger partial charge in [0.25, 0.3) is 0 Å². The van der Waals surface area contributed by atoms with E-state index in [1.807, 2.05) is 25.1 Å². The maximum absolute atomic E-state index is 5.72. The molecule has 0 aliphatic carbocycles. The number of hydrogen-bond donors (Lipinski definition) is 2. The molecule has 0 saturated carbocycles. The molecule has 0 amide bonds. The van der Waals surface area contributed by atoms with Gasteiger partial charge in [0.2, 0.25) is 0 Å². The van der Waals surface area contributed by atoms with Crippen molar-refractivity contribution < 1.29 is 4.74 Å². The molecule has 104 valence electrons. The lowest BCUT2D eigenvalue weighted by atomic mass is 10.1. The van der Waals surface area contributed by atoms with Crippen LogP contribution in [0.25, 0.3) is 10.2 Å². The predicted molar refractivity (Wildman–Crippen MR) is 80.1 cm³/mol. The Bertz CT molecular complexity index is 481. The molecule has 0 radical (unpaired) electrons. The van der Waals surface area contributed by atoms with Gasteiger partial charge in [0.05, 0.1) is 27.4 Å². The minimum Gasteiger partial charge on any atom is -0.377 e. The van der Waals surface area contributed by atoms with Gasteiger partial charge in [0.1, 0.15) is 0 Å². The number of hydrogen-bond acceptors (Lipinski definition) is 5. The summed E-state index contributed by atoms with van der Waals surface area (Å²) in [6, 6.07) is 8.30. The average molecular weight is 279 g/mol. The fraction of sp³-hybridized carbons (Fsp3) is 0.500. The van der Waals surface area contributed by atoms with E-state index in [-0.39, 0.29) is 12.1 Å². The number of thiazole rings is 1. The molecule has 0 bridgehead atoms. The number of nitrogens with zero attached hydrogens (tertiary/aromatic N) is 1. The highest BCUT2D eigenvalue weighted by atomic mass is 32.1. The second kappa shape index (κ2) is 6.96. The molecule has 1 heterocycles. The van der Waals surface area contributed by atoms with Gasteiger partial charge in [-0.05, 0) is 25.5 Å². The van der Waals surface area contributed by atoms with Crippen molar-refractivity contribution in [3.05, 3.63) is 29.3 Å². The number of hydrazine groups is 1. The summed E-state index contributed by atoms with van der Waals surface area (Å²) in [5.74, 6) is 5.67. The van der Waals surface area contributed by atoms with Crippen LogP contribution in [0.1, 0.15) is 25.3 Å². The predicted octanol–water partition coefficient (Wildman–Crippen LogP) is 2.49. The van der Waals surface area contributed by atoms with Crippen LogP contribution < -0.4 is 11.3 Å². The molecule has 4 nitrogen and oxygen atoms in total. The zero-order valence-corrected chi connectivity index (χ0v) is 12.2. The molecule has 3 N–H and O–H groups in total. The van der Waals surface area contributed by atoms with Gasteiger partial charge < -0.3 is 4.74 Å². The van der Waals surface area contributed by atoms with Gasteiger partial charge in [0, 0.05) is 13.0 Å². The van der Waals surface area contributed by atoms with Crippen LogP contribution in [0.5, 0.6) is 0 Å². The third-order valence-electron chi connectivity index (χ3n) is 3.18. The van der Waals surface area contributed by atoms with Gasteiger partial charge in [-0.15, -0.1) is 11.3 Å². The summed E-state index contributed by atoms with van der Waals surface area (Å²) in [5.41, 5.74) is 3.93. The molecule has 2 unspecified atom stereocenters. The van der Waals surface area contributed by atoms with E-state index in [9.17, 15) is 0 Å². The molecule has 1 aromatic carbocycles. The quantitative estimate of drug-likeness (QED) is 0.604. The molecule has 5 heteroatoms. The summed E-state index contributed by atoms with van der Waals surface area (Å²) in [6.45, 7) is 4.83. The van der Waals surface area contributed by atoms with Gasteiger partial charge >= 0.3 is 0 Å². The molecular weight excluding hydrogens is 258 g/mol. The van der Waals surface area contributed by atoms with Crippen molar-refractivity contribution in [3.8, 4) is 0 Å². The summed E-state index contributed by atoms with van der Waals surface area (Å²) in [6.07, 6.45) is 1.86. The maximum Gasteiger partial charge on any atom is 0.0955 e. The molecule has 2 atom stereocenters. The Hall–Kier alpha value is -1.01. The highest BCUT2D eigenvalue weighted by Gasteiger charge is 2.21. The molecular formula is C14H21N3OS. The van der Waals surface area contributed by atoms with Crippen LogP contribution in [0.15, 0.2) is 24.3 Å². The van der Waals surface area contributed by atoms with Crippen LogP contribution in [-0.2, 0) is 11.2 Å². The normalized spacial score (nSPS) is 14.7. The number of nitrogens with one attached hydrogen (secondary N) is 1. The zero-order chi connectivity index (χ0) is 13.7. The molecule has 0 aliphatic rings. The van der Waals surface area contributed by atoms with Crippen molar-refractivity contribution in [2.75, 3.05) is 6.61 Å². The van der Waals surface area contributed by atoms with E-state index >= 15 is 0 Å². The van der Waals surface area contributed by atoms with Gasteiger partial charge in [-0.1, -0.05) is 19.1 Å². The largest absolute Gasteiger partial charge is 0.377 e. The van der Waals surface area contributed by atoms with Gasteiger partial charge in [-0.3, -0.25) is 11.3 Å². The topological polar surface area (TPSA) is 60.2 Å². The molecule has 1 aromatic heterocycles. The smallest absolute Gasteiger partial charge is 0.0955 e. The van der Waals surface area contributed by atoms with Crippen molar-refractivity contribution in [2.45, 2.75) is 38.8 Å². The first-order valence-electron chi connectivity index (χ1n) is 6.70. The lowest BCUT2D eigenvalue weighted by Crippen LogP contribution is -2.46. The molecule has 0 aliphatic heterocycles. The van der Waals surface area contributed by atoms with E-state index in [1.54, 1.807) is 11.3 Å². The van der Waals surface area contributed by atoms with E-state index in [0.717, 1.165) is 23.4 Å². The maximum atomic E-state index is 5.72. The van der Waals surface area contributed by atoms with Crippen molar-refractivity contribution >= 4 is 21.6 Å². The molecule has 19 heavy (non-hydrogen) atoms. The van der Waals surface area contributed by atoms with Crippen molar-refractivity contribution in [1.29, 1.82) is 0 Å². The van der Waals surface area contributed by atoms with Gasteiger partial charge in [-0.25, -0.2) is 4.98 Å². The van der Waals surface area contributed by atoms with Gasteiger partial charge in [-0.2, -0.15) is 0 Å². The van der Waals surface area contributed by atoms with E-state index in [1.165, 1.54) is 4.70 Å². The van der Waals surface area contributed by atoms with Crippen molar-refractivity contribution in [1.82, 2.24) is 10.4 Å². The first-order chi connectivity index (χ1) is 9.28. The van der Waals surface area contributed by atoms with Crippen LogP contribution in [0.3, 0.4) is 0 Å². The Morgan fingerprint density at radius 3 is 2.79 bits per heavy atom. The van der Waals surface area contributed by atoms with Crippen LogP contribution in [0, 0.1) is 0 Å². The Morgan fingerprint density at radius 1 is 1.37 bits per heavy atom. The Balaban J connectivity index is 2.12. The monoisotopic (exact) mass is 279 g/mol. The standard InChI is InChI=1S/C14H21N3OS/c1-3-12(18-4-2)11(17-15)9-14-16-10-7-5-6-8-13(10)19-14/h5-8,11-12,17H,3-4,9,15H2,1-2H3. The Morgan fingerprint density at radius 2 is 2.16 bits per heavy atom. The molecule has 0 fully saturated rings. The average Bonchev–Trinajstić information content (AvgIpc) is 2.85.